The topological polar surface area (TPSA) is 98.2 Å². The number of halogens is 1. The Morgan fingerprint density at radius 3 is 2.52 bits per heavy atom. The van der Waals surface area contributed by atoms with Gasteiger partial charge in [0.1, 0.15) is 17.1 Å². The molecule has 2 aliphatic heterocycles. The molecular formula is C19H25FN2O5. The molecule has 0 aromatic heterocycles. The van der Waals surface area contributed by atoms with Gasteiger partial charge < -0.3 is 20.0 Å². The highest BCUT2D eigenvalue weighted by Gasteiger charge is 2.52. The summed E-state index contributed by atoms with van der Waals surface area (Å²) in [6, 6.07) is 3.52. The van der Waals surface area contributed by atoms with Crippen molar-refractivity contribution in [1.82, 2.24) is 9.80 Å². The molecule has 2 saturated heterocycles. The molecule has 27 heavy (non-hydrogen) atoms. The number of benzene rings is 1. The number of piperidine rings is 1. The second kappa shape index (κ2) is 8.83. The molecule has 148 valence electrons. The molecule has 2 aliphatic rings. The molecule has 3 rings (SSSR count). The monoisotopic (exact) mass is 380 g/mol. The molecule has 1 aromatic carbocycles. The molecule has 1 aromatic rings. The fourth-order valence-corrected chi connectivity index (χ4v) is 4.03. The second-order valence-corrected chi connectivity index (χ2v) is 6.76. The molecule has 0 bridgehead atoms. The Hall–Kier alpha value is -2.64. The van der Waals surface area contributed by atoms with Gasteiger partial charge in [-0.1, -0.05) is 6.92 Å². The molecule has 2 fully saturated rings. The maximum Gasteiger partial charge on any atom is 0.290 e. The molecule has 0 saturated carbocycles. The zero-order chi connectivity index (χ0) is 20.0. The quantitative estimate of drug-likeness (QED) is 0.784. The van der Waals surface area contributed by atoms with Crippen LogP contribution in [0.2, 0.25) is 0 Å². The van der Waals surface area contributed by atoms with E-state index in [1.54, 1.807) is 4.90 Å². The van der Waals surface area contributed by atoms with Crippen LogP contribution >= 0.6 is 0 Å². The first-order valence-electron chi connectivity index (χ1n) is 9.09. The van der Waals surface area contributed by atoms with Crippen molar-refractivity contribution in [2.75, 3.05) is 19.6 Å². The molecule has 1 unspecified atom stereocenters. The van der Waals surface area contributed by atoms with Crippen LogP contribution in [-0.4, -0.2) is 63.5 Å². The van der Waals surface area contributed by atoms with Gasteiger partial charge in [-0.3, -0.25) is 14.4 Å². The predicted molar refractivity (Wildman–Crippen MR) is 95.9 cm³/mol. The molecule has 2 N–H and O–H groups in total. The molecule has 1 spiro atoms. The lowest BCUT2D eigenvalue weighted by Crippen LogP contribution is -2.61. The number of phenols is 1. The van der Waals surface area contributed by atoms with E-state index < -0.39 is 17.3 Å². The van der Waals surface area contributed by atoms with E-state index in [1.807, 2.05) is 11.8 Å². The third kappa shape index (κ3) is 4.04. The minimum atomic E-state index is -0.825. The van der Waals surface area contributed by atoms with E-state index >= 15 is 0 Å². The Bertz CT molecular complexity index is 709. The molecule has 0 radical (unpaired) electrons. The van der Waals surface area contributed by atoms with Crippen LogP contribution < -0.4 is 0 Å². The highest BCUT2D eigenvalue weighted by molar-refractivity contribution is 6.00. The maximum atomic E-state index is 14.1. The molecular weight excluding hydrogens is 355 g/mol. The Morgan fingerprint density at radius 1 is 1.30 bits per heavy atom. The number of aromatic hydroxyl groups is 1. The van der Waals surface area contributed by atoms with Crippen molar-refractivity contribution >= 4 is 18.3 Å². The van der Waals surface area contributed by atoms with Gasteiger partial charge in [0.2, 0.25) is 5.91 Å². The Kier molecular flexibility index (Phi) is 6.76. The zero-order valence-electron chi connectivity index (χ0n) is 15.4. The summed E-state index contributed by atoms with van der Waals surface area (Å²) in [5, 5.41) is 16.2. The van der Waals surface area contributed by atoms with Gasteiger partial charge in [0, 0.05) is 25.7 Å². The van der Waals surface area contributed by atoms with Gasteiger partial charge in [-0.2, -0.15) is 0 Å². The summed E-state index contributed by atoms with van der Waals surface area (Å²) in [5.74, 6) is -1.43. The predicted octanol–water partition coefficient (Wildman–Crippen LogP) is 2.24. The number of carbonyl (C=O) groups excluding carboxylic acids is 2. The summed E-state index contributed by atoms with van der Waals surface area (Å²) < 4.78 is 14.1. The zero-order valence-corrected chi connectivity index (χ0v) is 15.4. The lowest BCUT2D eigenvalue weighted by molar-refractivity contribution is -0.145. The number of hydrogen-bond acceptors (Lipinski definition) is 4. The van der Waals surface area contributed by atoms with Crippen molar-refractivity contribution in [3.05, 3.63) is 29.6 Å². The first-order valence-corrected chi connectivity index (χ1v) is 9.09. The number of hydrogen-bond donors (Lipinski definition) is 2. The van der Waals surface area contributed by atoms with E-state index in [2.05, 4.69) is 0 Å². The number of phenolic OH excluding ortho intramolecular Hbond substituents is 1. The molecule has 7 nitrogen and oxygen atoms in total. The summed E-state index contributed by atoms with van der Waals surface area (Å²) in [6.45, 7) is 3.66. The third-order valence-electron chi connectivity index (χ3n) is 5.11. The van der Waals surface area contributed by atoms with E-state index in [0.29, 0.717) is 25.9 Å². The van der Waals surface area contributed by atoms with Crippen LogP contribution in [0.25, 0.3) is 0 Å². The average Bonchev–Trinajstić information content (AvgIpc) is 3.04. The van der Waals surface area contributed by atoms with Crippen molar-refractivity contribution < 1.29 is 29.0 Å². The smallest absolute Gasteiger partial charge is 0.290 e. The Balaban J connectivity index is 0.000000817. The van der Waals surface area contributed by atoms with Crippen LogP contribution in [0.4, 0.5) is 4.39 Å². The number of nitrogens with zero attached hydrogens (tertiary/aromatic N) is 2. The van der Waals surface area contributed by atoms with Gasteiger partial charge in [-0.05, 0) is 44.2 Å². The molecule has 1 atom stereocenters. The molecule has 8 heteroatoms. The number of carbonyl (C=O) groups is 3. The van der Waals surface area contributed by atoms with Crippen LogP contribution in [0.15, 0.2) is 18.2 Å². The van der Waals surface area contributed by atoms with Crippen molar-refractivity contribution in [2.45, 2.75) is 44.6 Å². The second-order valence-electron chi connectivity index (χ2n) is 6.76. The van der Waals surface area contributed by atoms with Gasteiger partial charge >= 0.3 is 0 Å². The fraction of sp³-hybridized carbons (Fsp3) is 0.526. The highest BCUT2D eigenvalue weighted by Crippen LogP contribution is 2.39. The van der Waals surface area contributed by atoms with Crippen molar-refractivity contribution in [3.63, 3.8) is 0 Å². The van der Waals surface area contributed by atoms with Crippen LogP contribution in [-0.2, 0) is 9.59 Å². The SMILES string of the molecule is CCCN1CCCC2(CCCN2C(=O)c2ccc(O)cc2F)C1=O.O=CO. The summed E-state index contributed by atoms with van der Waals surface area (Å²) in [6.07, 6.45) is 3.75. The Morgan fingerprint density at radius 2 is 1.93 bits per heavy atom. The van der Waals surface area contributed by atoms with Crippen molar-refractivity contribution in [3.8, 4) is 5.75 Å². The average molecular weight is 380 g/mol. The van der Waals surface area contributed by atoms with E-state index in [4.69, 9.17) is 9.90 Å². The molecule has 0 aliphatic carbocycles. The summed E-state index contributed by atoms with van der Waals surface area (Å²) in [5.41, 5.74) is -0.913. The third-order valence-corrected chi connectivity index (χ3v) is 5.11. The summed E-state index contributed by atoms with van der Waals surface area (Å²) >= 11 is 0. The first kappa shape index (κ1) is 20.7. The van der Waals surface area contributed by atoms with Gasteiger partial charge in [0.15, 0.2) is 0 Å². The number of rotatable bonds is 3. The number of carboxylic acid groups (broad SMARTS) is 1. The van der Waals surface area contributed by atoms with Crippen LogP contribution in [0.3, 0.4) is 0 Å². The molecule has 2 amide bonds. The highest BCUT2D eigenvalue weighted by atomic mass is 19.1. The van der Waals surface area contributed by atoms with Crippen LogP contribution in [0.5, 0.6) is 5.75 Å². The molecule has 2 heterocycles. The number of likely N-dealkylation sites (tertiary alicyclic amines) is 2. The normalized spacial score (nSPS) is 21.8. The van der Waals surface area contributed by atoms with Crippen LogP contribution in [0, 0.1) is 5.82 Å². The van der Waals surface area contributed by atoms with E-state index in [-0.39, 0.29) is 23.7 Å². The summed E-state index contributed by atoms with van der Waals surface area (Å²) in [4.78, 5) is 37.7. The van der Waals surface area contributed by atoms with Gasteiger partial charge in [0.25, 0.3) is 12.4 Å². The van der Waals surface area contributed by atoms with E-state index in [1.165, 1.54) is 12.1 Å². The minimum Gasteiger partial charge on any atom is -0.508 e. The van der Waals surface area contributed by atoms with Gasteiger partial charge in [-0.25, -0.2) is 4.39 Å². The largest absolute Gasteiger partial charge is 0.508 e. The summed E-state index contributed by atoms with van der Waals surface area (Å²) in [7, 11) is 0. The van der Waals surface area contributed by atoms with E-state index in [9.17, 15) is 19.1 Å². The first-order chi connectivity index (χ1) is 12.9. The van der Waals surface area contributed by atoms with Gasteiger partial charge in [-0.15, -0.1) is 0 Å². The minimum absolute atomic E-state index is 0.000589. The van der Waals surface area contributed by atoms with E-state index in [0.717, 1.165) is 31.9 Å². The van der Waals surface area contributed by atoms with Crippen molar-refractivity contribution in [1.29, 1.82) is 0 Å². The lowest BCUT2D eigenvalue weighted by atomic mass is 9.85. The Labute approximate surface area is 157 Å². The standard InChI is InChI=1S/C18H23FN2O3.CH2O2/c1-2-9-20-10-3-7-18(17(20)24)8-4-11-21(18)16(23)14-6-5-13(22)12-15(14)19;2-1-3/h5-6,12,22H,2-4,7-11H2,1H3;1H,(H,2,3). The number of amides is 2. The fourth-order valence-electron chi connectivity index (χ4n) is 4.03. The van der Waals surface area contributed by atoms with Crippen molar-refractivity contribution in [2.24, 2.45) is 0 Å². The maximum absolute atomic E-state index is 14.1. The lowest BCUT2D eigenvalue weighted by Gasteiger charge is -2.44. The van der Waals surface area contributed by atoms with Gasteiger partial charge in [0.05, 0.1) is 5.56 Å². The van der Waals surface area contributed by atoms with Crippen LogP contribution in [0.1, 0.15) is 49.4 Å².